The lowest BCUT2D eigenvalue weighted by molar-refractivity contribution is -0.143. The molecule has 0 aromatic heterocycles. The molecule has 0 N–H and O–H groups in total. The molecule has 166 valence electrons. The molecule has 0 aliphatic carbocycles. The Kier molecular flexibility index (Phi) is 5.77. The summed E-state index contributed by atoms with van der Waals surface area (Å²) in [7, 11) is 0. The number of amides is 1. The summed E-state index contributed by atoms with van der Waals surface area (Å²) in [6.45, 7) is 0.982. The van der Waals surface area contributed by atoms with E-state index in [4.69, 9.17) is 4.74 Å². The third-order valence-corrected chi connectivity index (χ3v) is 6.24. The summed E-state index contributed by atoms with van der Waals surface area (Å²) in [5.41, 5.74) is -0.360. The number of benzene rings is 2. The monoisotopic (exact) mass is 439 g/mol. The molecule has 0 bridgehead atoms. The van der Waals surface area contributed by atoms with Crippen molar-refractivity contribution in [2.45, 2.75) is 44.3 Å². The molecule has 3 atom stereocenters. The van der Waals surface area contributed by atoms with E-state index in [2.05, 4.69) is 0 Å². The van der Waals surface area contributed by atoms with Crippen molar-refractivity contribution in [3.8, 4) is 11.1 Å². The average molecular weight is 439 g/mol. The maximum Gasteiger partial charge on any atom is 0.269 e. The lowest BCUT2D eigenvalue weighted by Crippen LogP contribution is -2.44. The van der Waals surface area contributed by atoms with E-state index in [0.29, 0.717) is 19.4 Å². The first-order valence-electron chi connectivity index (χ1n) is 10.2. The smallest absolute Gasteiger partial charge is 0.269 e. The Balaban J connectivity index is 1.66. The minimum atomic E-state index is -3.12. The van der Waals surface area contributed by atoms with Gasteiger partial charge in [0.15, 0.2) is 0 Å². The Morgan fingerprint density at radius 2 is 1.94 bits per heavy atom. The fraction of sp³-hybridized carbons (Fsp3) is 0.435. The van der Waals surface area contributed by atoms with Crippen LogP contribution >= 0.6 is 0 Å². The number of carbonyl (C=O) groups excluding carboxylic acids is 1. The van der Waals surface area contributed by atoms with Crippen molar-refractivity contribution >= 4 is 5.91 Å². The molecule has 2 aromatic carbocycles. The van der Waals surface area contributed by atoms with E-state index in [1.54, 1.807) is 0 Å². The first-order valence-corrected chi connectivity index (χ1v) is 10.2. The van der Waals surface area contributed by atoms with Gasteiger partial charge >= 0.3 is 0 Å². The van der Waals surface area contributed by atoms with Gasteiger partial charge in [-0.15, -0.1) is 0 Å². The maximum atomic E-state index is 15.3. The van der Waals surface area contributed by atoms with Crippen LogP contribution in [0.3, 0.4) is 0 Å². The zero-order chi connectivity index (χ0) is 22.3. The first kappa shape index (κ1) is 21.7. The number of nitrogens with zero attached hydrogens (tertiary/aromatic N) is 1. The van der Waals surface area contributed by atoms with Crippen LogP contribution in [0.2, 0.25) is 0 Å². The van der Waals surface area contributed by atoms with Crippen LogP contribution in [0.5, 0.6) is 0 Å². The molecule has 8 heteroatoms. The summed E-state index contributed by atoms with van der Waals surface area (Å²) in [6.07, 6.45) is 0.203. The number of likely N-dealkylation sites (tertiary alicyclic amines) is 1. The van der Waals surface area contributed by atoms with E-state index in [9.17, 15) is 22.4 Å². The first-order chi connectivity index (χ1) is 14.7. The Labute approximate surface area is 176 Å². The minimum absolute atomic E-state index is 0.0563. The van der Waals surface area contributed by atoms with Crippen LogP contribution in [0, 0.1) is 23.4 Å². The van der Waals surface area contributed by atoms with Crippen molar-refractivity contribution in [3.63, 3.8) is 0 Å². The number of alkyl halides is 2. The fourth-order valence-corrected chi connectivity index (χ4v) is 4.40. The summed E-state index contributed by atoms with van der Waals surface area (Å²) in [5, 5.41) is 0. The molecule has 2 heterocycles. The van der Waals surface area contributed by atoms with Crippen LogP contribution < -0.4 is 0 Å². The number of hydrogen-bond donors (Lipinski definition) is 0. The van der Waals surface area contributed by atoms with Gasteiger partial charge in [0.2, 0.25) is 0 Å². The normalized spacial score (nSPS) is 25.2. The van der Waals surface area contributed by atoms with Gasteiger partial charge in [0.05, 0.1) is 6.54 Å². The second kappa shape index (κ2) is 8.22. The largest absolute Gasteiger partial charge is 0.368 e. The quantitative estimate of drug-likeness (QED) is 0.630. The Bertz CT molecular complexity index is 990. The highest BCUT2D eigenvalue weighted by atomic mass is 19.3. The predicted molar refractivity (Wildman–Crippen MR) is 104 cm³/mol. The molecule has 31 heavy (non-hydrogen) atoms. The highest BCUT2D eigenvalue weighted by Gasteiger charge is 2.54. The van der Waals surface area contributed by atoms with Crippen LogP contribution in [0.15, 0.2) is 36.4 Å². The van der Waals surface area contributed by atoms with Crippen molar-refractivity contribution in [1.82, 2.24) is 4.90 Å². The van der Waals surface area contributed by atoms with E-state index in [-0.39, 0.29) is 23.1 Å². The SMILES string of the molecule is C[C@@H]1[C@H](Cc2cccc(-c3cc(F)ccc3F)c2F)N(C(=O)[C@H]2CCCO2)CC1(F)F. The van der Waals surface area contributed by atoms with Gasteiger partial charge < -0.3 is 9.64 Å². The van der Waals surface area contributed by atoms with Crippen LogP contribution in [-0.4, -0.2) is 42.0 Å². The van der Waals surface area contributed by atoms with E-state index in [0.717, 1.165) is 23.1 Å². The highest BCUT2D eigenvalue weighted by molar-refractivity contribution is 5.82. The molecular weight excluding hydrogens is 417 g/mol. The highest BCUT2D eigenvalue weighted by Crippen LogP contribution is 2.41. The zero-order valence-corrected chi connectivity index (χ0v) is 16.9. The van der Waals surface area contributed by atoms with E-state index in [1.807, 2.05) is 0 Å². The maximum absolute atomic E-state index is 15.3. The summed E-state index contributed by atoms with van der Waals surface area (Å²) in [5.74, 6) is -7.18. The third kappa shape index (κ3) is 4.05. The van der Waals surface area contributed by atoms with Crippen LogP contribution in [0.1, 0.15) is 25.3 Å². The fourth-order valence-electron chi connectivity index (χ4n) is 4.40. The number of carbonyl (C=O) groups is 1. The minimum Gasteiger partial charge on any atom is -0.368 e. The summed E-state index contributed by atoms with van der Waals surface area (Å²) >= 11 is 0. The molecule has 2 aliphatic rings. The van der Waals surface area contributed by atoms with Gasteiger partial charge in [0, 0.05) is 29.7 Å². The second-order valence-corrected chi connectivity index (χ2v) is 8.19. The number of rotatable bonds is 4. The topological polar surface area (TPSA) is 29.5 Å². The second-order valence-electron chi connectivity index (χ2n) is 8.19. The molecule has 2 aliphatic heterocycles. The lowest BCUT2D eigenvalue weighted by atomic mass is 9.91. The van der Waals surface area contributed by atoms with Crippen molar-refractivity contribution in [2.75, 3.05) is 13.2 Å². The number of hydrogen-bond acceptors (Lipinski definition) is 2. The number of halogens is 5. The summed E-state index contributed by atoms with van der Waals surface area (Å²) < 4.78 is 77.4. The van der Waals surface area contributed by atoms with Gasteiger partial charge in [-0.2, -0.15) is 0 Å². The van der Waals surface area contributed by atoms with Crippen LogP contribution in [-0.2, 0) is 16.0 Å². The van der Waals surface area contributed by atoms with E-state index in [1.165, 1.54) is 25.1 Å². The van der Waals surface area contributed by atoms with Crippen LogP contribution in [0.25, 0.3) is 11.1 Å². The lowest BCUT2D eigenvalue weighted by Gasteiger charge is -2.28. The van der Waals surface area contributed by atoms with Crippen molar-refractivity contribution in [3.05, 3.63) is 59.4 Å². The van der Waals surface area contributed by atoms with Crippen molar-refractivity contribution in [1.29, 1.82) is 0 Å². The molecule has 0 radical (unpaired) electrons. The molecule has 2 fully saturated rings. The van der Waals surface area contributed by atoms with E-state index < -0.39 is 53.9 Å². The zero-order valence-electron chi connectivity index (χ0n) is 16.9. The summed E-state index contributed by atoms with van der Waals surface area (Å²) in [6, 6.07) is 5.94. The molecule has 0 unspecified atom stereocenters. The van der Waals surface area contributed by atoms with Gasteiger partial charge in [0.1, 0.15) is 23.6 Å². The molecule has 4 rings (SSSR count). The van der Waals surface area contributed by atoms with Gasteiger partial charge in [-0.25, -0.2) is 22.0 Å². The van der Waals surface area contributed by atoms with Gasteiger partial charge in [-0.05, 0) is 43.0 Å². The molecule has 0 saturated carbocycles. The Hall–Kier alpha value is -2.48. The molecule has 0 spiro atoms. The predicted octanol–water partition coefficient (Wildman–Crippen LogP) is 4.97. The summed E-state index contributed by atoms with van der Waals surface area (Å²) in [4.78, 5) is 13.9. The Morgan fingerprint density at radius 3 is 2.65 bits per heavy atom. The van der Waals surface area contributed by atoms with Crippen LogP contribution in [0.4, 0.5) is 22.0 Å². The van der Waals surface area contributed by atoms with Crippen molar-refractivity contribution < 1.29 is 31.5 Å². The van der Waals surface area contributed by atoms with Crippen molar-refractivity contribution in [2.24, 2.45) is 5.92 Å². The van der Waals surface area contributed by atoms with E-state index >= 15 is 4.39 Å². The molecule has 3 nitrogen and oxygen atoms in total. The van der Waals surface area contributed by atoms with Gasteiger partial charge in [-0.3, -0.25) is 4.79 Å². The third-order valence-electron chi connectivity index (χ3n) is 6.24. The number of ether oxygens (including phenoxy) is 1. The molecule has 2 aromatic rings. The Morgan fingerprint density at radius 1 is 1.16 bits per heavy atom. The standard InChI is InChI=1S/C23H22F5NO2/c1-13-19(29(12-23(13,27)28)22(30)20-6-3-9-31-20)10-14-4-2-5-16(21(14)26)17-11-15(24)7-8-18(17)25/h2,4-5,7-8,11,13,19-20H,3,6,9-10,12H2,1H3/t13-,19+,20-/m1/s1. The van der Waals surface area contributed by atoms with Gasteiger partial charge in [-0.1, -0.05) is 25.1 Å². The molecule has 2 saturated heterocycles. The molecular formula is C23H22F5NO2. The molecule has 1 amide bonds. The average Bonchev–Trinajstić information content (AvgIpc) is 3.34. The van der Waals surface area contributed by atoms with Gasteiger partial charge in [0.25, 0.3) is 11.8 Å².